The zero-order valence-corrected chi connectivity index (χ0v) is 16.3. The number of para-hydroxylation sites is 2. The standard InChI is InChI=1S/C18H18N2O2S3/c1-12(17(21)20-14-6-3-4-7-15(14)22-2)24-10-13-11-25-18(19-13)16-8-5-9-23-16/h3-9,11-12H,10H2,1-2H3,(H,20,21). The number of hydrogen-bond donors (Lipinski definition) is 1. The van der Waals surface area contributed by atoms with E-state index >= 15 is 0 Å². The molecule has 0 radical (unpaired) electrons. The minimum Gasteiger partial charge on any atom is -0.495 e. The summed E-state index contributed by atoms with van der Waals surface area (Å²) in [7, 11) is 1.59. The Morgan fingerprint density at radius 3 is 2.88 bits per heavy atom. The fraction of sp³-hybridized carbons (Fsp3) is 0.222. The average molecular weight is 391 g/mol. The molecule has 0 spiro atoms. The molecule has 1 aromatic carbocycles. The fourth-order valence-corrected chi connectivity index (χ4v) is 4.67. The Hall–Kier alpha value is -1.83. The van der Waals surface area contributed by atoms with Crippen LogP contribution in [0.2, 0.25) is 0 Å². The van der Waals surface area contributed by atoms with Crippen molar-refractivity contribution in [3.8, 4) is 15.6 Å². The maximum Gasteiger partial charge on any atom is 0.237 e. The number of ether oxygens (including phenoxy) is 1. The Morgan fingerprint density at radius 2 is 2.12 bits per heavy atom. The monoisotopic (exact) mass is 390 g/mol. The van der Waals surface area contributed by atoms with Crippen LogP contribution < -0.4 is 10.1 Å². The molecule has 3 rings (SSSR count). The van der Waals surface area contributed by atoms with E-state index in [0.717, 1.165) is 10.7 Å². The van der Waals surface area contributed by atoms with Gasteiger partial charge in [-0.2, -0.15) is 0 Å². The van der Waals surface area contributed by atoms with Crippen molar-refractivity contribution >= 4 is 46.0 Å². The molecule has 1 atom stereocenters. The molecule has 1 amide bonds. The van der Waals surface area contributed by atoms with Crippen LogP contribution in [-0.2, 0) is 10.5 Å². The van der Waals surface area contributed by atoms with Gasteiger partial charge in [0.25, 0.3) is 0 Å². The van der Waals surface area contributed by atoms with Gasteiger partial charge in [0, 0.05) is 11.1 Å². The first-order valence-electron chi connectivity index (χ1n) is 7.71. The van der Waals surface area contributed by atoms with Crippen LogP contribution in [0.5, 0.6) is 5.75 Å². The summed E-state index contributed by atoms with van der Waals surface area (Å²) in [5, 5.41) is 7.89. The van der Waals surface area contributed by atoms with Crippen LogP contribution in [0.3, 0.4) is 0 Å². The molecule has 130 valence electrons. The Kier molecular flexibility index (Phi) is 6.12. The van der Waals surface area contributed by atoms with Gasteiger partial charge in [-0.25, -0.2) is 4.98 Å². The van der Waals surface area contributed by atoms with Crippen molar-refractivity contribution in [2.45, 2.75) is 17.9 Å². The minimum atomic E-state index is -0.184. The second-order valence-corrected chi connectivity index (χ2v) is 8.40. The summed E-state index contributed by atoms with van der Waals surface area (Å²) in [6, 6.07) is 11.5. The van der Waals surface area contributed by atoms with Crippen molar-refractivity contribution in [3.05, 3.63) is 52.9 Å². The Labute approximate surface area is 159 Å². The number of nitrogens with zero attached hydrogens (tertiary/aromatic N) is 1. The van der Waals surface area contributed by atoms with Gasteiger partial charge in [0.15, 0.2) is 0 Å². The topological polar surface area (TPSA) is 51.2 Å². The van der Waals surface area contributed by atoms with Gasteiger partial charge in [0.2, 0.25) is 5.91 Å². The number of benzene rings is 1. The number of nitrogens with one attached hydrogen (secondary N) is 1. The number of thioether (sulfide) groups is 1. The van der Waals surface area contributed by atoms with Crippen molar-refractivity contribution in [1.29, 1.82) is 0 Å². The molecular formula is C18H18N2O2S3. The first kappa shape index (κ1) is 18.0. The molecular weight excluding hydrogens is 372 g/mol. The molecule has 2 heterocycles. The molecule has 1 N–H and O–H groups in total. The van der Waals surface area contributed by atoms with Crippen LogP contribution in [0, 0.1) is 0 Å². The van der Waals surface area contributed by atoms with Gasteiger partial charge in [-0.1, -0.05) is 18.2 Å². The lowest BCUT2D eigenvalue weighted by Gasteiger charge is -2.13. The summed E-state index contributed by atoms with van der Waals surface area (Å²) >= 11 is 4.91. The van der Waals surface area contributed by atoms with Crippen LogP contribution in [0.25, 0.3) is 9.88 Å². The van der Waals surface area contributed by atoms with Gasteiger partial charge in [0.05, 0.1) is 28.6 Å². The lowest BCUT2D eigenvalue weighted by atomic mass is 10.3. The summed E-state index contributed by atoms with van der Waals surface area (Å²) in [4.78, 5) is 18.2. The number of carbonyl (C=O) groups is 1. The van der Waals surface area contributed by atoms with Gasteiger partial charge in [-0.3, -0.25) is 4.79 Å². The molecule has 7 heteroatoms. The van der Waals surface area contributed by atoms with Crippen LogP contribution >= 0.6 is 34.4 Å². The highest BCUT2D eigenvalue weighted by Gasteiger charge is 2.16. The predicted octanol–water partition coefficient (Wildman–Crippen LogP) is 5.14. The zero-order valence-electron chi connectivity index (χ0n) is 13.9. The normalized spacial score (nSPS) is 11.9. The number of aromatic nitrogens is 1. The number of methoxy groups -OCH3 is 1. The third-order valence-electron chi connectivity index (χ3n) is 3.50. The smallest absolute Gasteiger partial charge is 0.237 e. The molecule has 25 heavy (non-hydrogen) atoms. The molecule has 0 aliphatic rings. The lowest BCUT2D eigenvalue weighted by Crippen LogP contribution is -2.22. The summed E-state index contributed by atoms with van der Waals surface area (Å²) in [6.45, 7) is 1.90. The molecule has 0 aliphatic carbocycles. The largest absolute Gasteiger partial charge is 0.495 e. The zero-order chi connectivity index (χ0) is 17.6. The third-order valence-corrected chi connectivity index (χ3v) is 6.61. The second kappa shape index (κ2) is 8.51. The van der Waals surface area contributed by atoms with E-state index in [0.29, 0.717) is 17.2 Å². The second-order valence-electron chi connectivity index (χ2n) is 5.26. The van der Waals surface area contributed by atoms with Crippen molar-refractivity contribution in [2.24, 2.45) is 0 Å². The van der Waals surface area contributed by atoms with Crippen molar-refractivity contribution in [1.82, 2.24) is 4.98 Å². The van der Waals surface area contributed by atoms with Gasteiger partial charge in [-0.05, 0) is 30.5 Å². The molecule has 0 saturated heterocycles. The quantitative estimate of drug-likeness (QED) is 0.607. The van der Waals surface area contributed by atoms with Crippen LogP contribution in [0.1, 0.15) is 12.6 Å². The number of carbonyl (C=O) groups excluding carboxylic acids is 1. The van der Waals surface area contributed by atoms with E-state index in [1.807, 2.05) is 37.3 Å². The van der Waals surface area contributed by atoms with Gasteiger partial charge < -0.3 is 10.1 Å². The number of anilines is 1. The molecule has 2 aromatic heterocycles. The Morgan fingerprint density at radius 1 is 1.28 bits per heavy atom. The molecule has 0 saturated carbocycles. The highest BCUT2D eigenvalue weighted by molar-refractivity contribution is 7.99. The highest BCUT2D eigenvalue weighted by Crippen LogP contribution is 2.30. The number of hydrogen-bond acceptors (Lipinski definition) is 6. The highest BCUT2D eigenvalue weighted by atomic mass is 32.2. The van der Waals surface area contributed by atoms with E-state index in [1.165, 1.54) is 4.88 Å². The average Bonchev–Trinajstić information content (AvgIpc) is 3.31. The maximum atomic E-state index is 12.4. The van der Waals surface area contributed by atoms with E-state index < -0.39 is 0 Å². The third kappa shape index (κ3) is 4.62. The lowest BCUT2D eigenvalue weighted by molar-refractivity contribution is -0.115. The molecule has 3 aromatic rings. The molecule has 1 unspecified atom stereocenters. The minimum absolute atomic E-state index is 0.0387. The summed E-state index contributed by atoms with van der Waals surface area (Å²) < 4.78 is 5.26. The first-order chi connectivity index (χ1) is 12.2. The van der Waals surface area contributed by atoms with E-state index in [-0.39, 0.29) is 11.2 Å². The fourth-order valence-electron chi connectivity index (χ4n) is 2.16. The van der Waals surface area contributed by atoms with E-state index in [2.05, 4.69) is 27.1 Å². The van der Waals surface area contributed by atoms with Gasteiger partial charge in [0.1, 0.15) is 10.8 Å². The molecule has 0 fully saturated rings. The molecule has 4 nitrogen and oxygen atoms in total. The number of rotatable bonds is 7. The van der Waals surface area contributed by atoms with Crippen molar-refractivity contribution < 1.29 is 9.53 Å². The molecule has 0 aliphatic heterocycles. The Balaban J connectivity index is 1.55. The van der Waals surface area contributed by atoms with E-state index in [9.17, 15) is 4.79 Å². The maximum absolute atomic E-state index is 12.4. The van der Waals surface area contributed by atoms with Gasteiger partial charge >= 0.3 is 0 Å². The van der Waals surface area contributed by atoms with Crippen molar-refractivity contribution in [3.63, 3.8) is 0 Å². The first-order valence-corrected chi connectivity index (χ1v) is 10.5. The van der Waals surface area contributed by atoms with Crippen molar-refractivity contribution in [2.75, 3.05) is 12.4 Å². The van der Waals surface area contributed by atoms with Crippen LogP contribution in [0.4, 0.5) is 5.69 Å². The van der Waals surface area contributed by atoms with Crippen LogP contribution in [0.15, 0.2) is 47.2 Å². The van der Waals surface area contributed by atoms with E-state index in [4.69, 9.17) is 4.74 Å². The summed E-state index contributed by atoms with van der Waals surface area (Å²) in [5.41, 5.74) is 1.70. The van der Waals surface area contributed by atoms with E-state index in [1.54, 1.807) is 41.5 Å². The van der Waals surface area contributed by atoms with Gasteiger partial charge in [-0.15, -0.1) is 34.4 Å². The molecule has 0 bridgehead atoms. The SMILES string of the molecule is COc1ccccc1NC(=O)C(C)SCc1csc(-c2cccs2)n1. The Bertz CT molecular complexity index is 830. The number of amides is 1. The van der Waals surface area contributed by atoms with Crippen LogP contribution in [-0.4, -0.2) is 23.3 Å². The number of thiophene rings is 1. The summed E-state index contributed by atoms with van der Waals surface area (Å²) in [6.07, 6.45) is 0. The summed E-state index contributed by atoms with van der Waals surface area (Å²) in [5.74, 6) is 1.33. The number of thiazole rings is 1. The predicted molar refractivity (Wildman–Crippen MR) is 108 cm³/mol.